The zero-order chi connectivity index (χ0) is 57.2. The molecule has 9 nitrogen and oxygen atoms in total. The van der Waals surface area contributed by atoms with Crippen molar-refractivity contribution in [3.63, 3.8) is 0 Å². The monoisotopic (exact) mass is 1170 g/mol. The third-order valence-electron chi connectivity index (χ3n) is 20.3. The van der Waals surface area contributed by atoms with Crippen molar-refractivity contribution in [2.24, 2.45) is 35.5 Å². The van der Waals surface area contributed by atoms with Crippen LogP contribution >= 0.6 is 23.2 Å². The van der Waals surface area contributed by atoms with Crippen LogP contribution in [0, 0.1) is 49.4 Å². The molecule has 0 aromatic heterocycles. The molecule has 83 heavy (non-hydrogen) atoms. The minimum Gasteiger partial charge on any atom is -0.495 e. The SMILES string of the molecule is COc1ccccc1N1CCN(CC2CCCCC2)CC1.Cc1ccc(C)c(N2CCN(CC3CCCCC3)CC2)c1.Clc1cccc(N2CCN(CC3CC4C=CC3C4)CC2)c1.Clc1ccccc1N1CCN(CC2CC=CCC2)CC1. The molecule has 0 N–H and O–H groups in total. The highest BCUT2D eigenvalue weighted by molar-refractivity contribution is 6.33. The molecule has 4 atom stereocenters. The lowest BCUT2D eigenvalue weighted by atomic mass is 9.89. The summed E-state index contributed by atoms with van der Waals surface area (Å²) in [6, 6.07) is 31.6. The summed E-state index contributed by atoms with van der Waals surface area (Å²) in [5.41, 5.74) is 7.95. The van der Waals surface area contributed by atoms with Gasteiger partial charge in [0, 0.05) is 147 Å². The average molecular weight is 1170 g/mol. The number of fused-ring (bicyclic) bond motifs is 2. The Balaban J connectivity index is 0.000000124. The number of aryl methyl sites for hydroxylation is 2. The van der Waals surface area contributed by atoms with Crippen LogP contribution in [0.5, 0.6) is 5.75 Å². The third-order valence-corrected chi connectivity index (χ3v) is 20.8. The normalized spacial score (nSPS) is 24.8. The number of ether oxygens (including phenoxy) is 1. The predicted octanol–water partition coefficient (Wildman–Crippen LogP) is 14.9. The molecule has 452 valence electrons. The first-order chi connectivity index (χ1) is 40.7. The van der Waals surface area contributed by atoms with Crippen LogP contribution in [0.15, 0.2) is 115 Å². The molecule has 9 aliphatic rings. The third kappa shape index (κ3) is 18.4. The van der Waals surface area contributed by atoms with Gasteiger partial charge in [0.15, 0.2) is 0 Å². The van der Waals surface area contributed by atoms with Crippen LogP contribution in [-0.2, 0) is 0 Å². The van der Waals surface area contributed by atoms with E-state index in [1.165, 1.54) is 209 Å². The fourth-order valence-electron chi connectivity index (χ4n) is 15.3. The lowest BCUT2D eigenvalue weighted by Gasteiger charge is -2.39. The Hall–Kier alpha value is -4.22. The first-order valence-electron chi connectivity index (χ1n) is 33.1. The van der Waals surface area contributed by atoms with Crippen LogP contribution in [-0.4, -0.2) is 158 Å². The van der Waals surface area contributed by atoms with Gasteiger partial charge in [0.2, 0.25) is 0 Å². The van der Waals surface area contributed by atoms with E-state index in [0.717, 1.165) is 104 Å². The van der Waals surface area contributed by atoms with Crippen molar-refractivity contribution < 1.29 is 4.74 Å². The number of piperazine rings is 4. The highest BCUT2D eigenvalue weighted by Gasteiger charge is 2.37. The van der Waals surface area contributed by atoms with E-state index in [4.69, 9.17) is 27.9 Å². The Morgan fingerprint density at radius 3 is 1.54 bits per heavy atom. The molecule has 7 fully saturated rings. The number of methoxy groups -OCH3 is 1. The van der Waals surface area contributed by atoms with E-state index < -0.39 is 0 Å². The number of halogens is 2. The number of hydrogen-bond donors (Lipinski definition) is 0. The molecule has 4 aromatic carbocycles. The molecule has 2 bridgehead atoms. The van der Waals surface area contributed by atoms with Crippen molar-refractivity contribution >= 4 is 46.0 Å². The topological polar surface area (TPSA) is 35.2 Å². The maximum absolute atomic E-state index is 6.29. The molecule has 4 aliphatic heterocycles. The quantitative estimate of drug-likeness (QED) is 0.122. The Morgan fingerprint density at radius 1 is 0.458 bits per heavy atom. The van der Waals surface area contributed by atoms with E-state index in [9.17, 15) is 0 Å². The number of para-hydroxylation sites is 3. The zero-order valence-electron chi connectivity index (χ0n) is 51.4. The summed E-state index contributed by atoms with van der Waals surface area (Å²) in [6.07, 6.45) is 30.9. The fraction of sp³-hybridized carbons (Fsp3) is 0.611. The van der Waals surface area contributed by atoms with Gasteiger partial charge in [-0.3, -0.25) is 19.6 Å². The van der Waals surface area contributed by atoms with Crippen molar-refractivity contribution in [3.8, 4) is 5.75 Å². The second kappa shape index (κ2) is 32.0. The van der Waals surface area contributed by atoms with E-state index in [0.29, 0.717) is 0 Å². The molecule has 5 aliphatic carbocycles. The molecule has 4 saturated heterocycles. The number of nitrogens with zero attached hydrogens (tertiary/aromatic N) is 8. The summed E-state index contributed by atoms with van der Waals surface area (Å²) in [5.74, 6) is 6.49. The Labute approximate surface area is 513 Å². The second-order valence-electron chi connectivity index (χ2n) is 26.2. The molecule has 0 amide bonds. The van der Waals surface area contributed by atoms with Crippen LogP contribution in [0.25, 0.3) is 0 Å². The van der Waals surface area contributed by atoms with E-state index in [1.54, 1.807) is 7.11 Å². The van der Waals surface area contributed by atoms with Crippen LogP contribution in [0.2, 0.25) is 10.0 Å². The predicted molar refractivity (Wildman–Crippen MR) is 355 cm³/mol. The lowest BCUT2D eigenvalue weighted by Crippen LogP contribution is -2.48. The molecule has 4 unspecified atom stereocenters. The summed E-state index contributed by atoms with van der Waals surface area (Å²) in [5, 5.41) is 1.71. The summed E-state index contributed by atoms with van der Waals surface area (Å²) in [6.45, 7) is 28.3. The van der Waals surface area contributed by atoms with E-state index >= 15 is 0 Å². The van der Waals surface area contributed by atoms with Gasteiger partial charge >= 0.3 is 0 Å². The Morgan fingerprint density at radius 2 is 1.00 bits per heavy atom. The van der Waals surface area contributed by atoms with E-state index in [2.05, 4.69) is 138 Å². The maximum atomic E-state index is 6.29. The standard InChI is InChI=1S/C19H30N2.C18H23ClN2.C18H28N2O.C17H23ClN2/c1-16-8-9-17(2)19(14-16)21-12-10-20(11-13-21)15-18-6-4-3-5-7-18;19-17-2-1-3-18(12-17)21-8-6-20(7-9-21)13-16-11-14-4-5-15(16)10-14;1-21-18-10-6-5-9-17(18)20-13-11-19(12-14-20)15-16-7-3-2-4-8-16;18-16-8-4-5-9-17(16)20-12-10-19(11-13-20)14-15-6-2-1-3-7-15/h8-9,14,18H,3-7,10-13,15H2,1-2H3;1-5,12,14-16H,6-11,13H2;5-6,9-10,16H,2-4,7-8,11-15H2,1H3;1-2,4-5,8-9,15H,3,6-7,10-14H2. The number of hydrogen-bond acceptors (Lipinski definition) is 9. The molecule has 3 saturated carbocycles. The lowest BCUT2D eigenvalue weighted by molar-refractivity contribution is 0.192. The first-order valence-corrected chi connectivity index (χ1v) is 33.9. The number of rotatable bonds is 13. The van der Waals surface area contributed by atoms with Crippen molar-refractivity contribution in [2.75, 3.05) is 158 Å². The van der Waals surface area contributed by atoms with Crippen LogP contribution in [0.3, 0.4) is 0 Å². The molecule has 0 spiro atoms. The van der Waals surface area contributed by atoms with Gasteiger partial charge < -0.3 is 24.3 Å². The second-order valence-corrected chi connectivity index (χ2v) is 27.1. The Bertz CT molecular complexity index is 2600. The largest absolute Gasteiger partial charge is 0.495 e. The molecule has 4 heterocycles. The smallest absolute Gasteiger partial charge is 0.142 e. The highest BCUT2D eigenvalue weighted by atomic mass is 35.5. The number of benzene rings is 4. The van der Waals surface area contributed by atoms with Crippen molar-refractivity contribution in [1.82, 2.24) is 19.6 Å². The van der Waals surface area contributed by atoms with Gasteiger partial charge in [-0.1, -0.05) is 128 Å². The molecular formula is C72H104Cl2N8O. The first kappa shape index (κ1) is 61.9. The van der Waals surface area contributed by atoms with Gasteiger partial charge in [0.05, 0.1) is 23.5 Å². The molecule has 4 aromatic rings. The minimum absolute atomic E-state index is 0.837. The molecule has 11 heteroatoms. The summed E-state index contributed by atoms with van der Waals surface area (Å²) in [4.78, 5) is 20.6. The van der Waals surface area contributed by atoms with Crippen molar-refractivity contribution in [2.45, 2.75) is 110 Å². The molecular weight excluding hydrogens is 1060 g/mol. The number of anilines is 4. The van der Waals surface area contributed by atoms with Gasteiger partial charge in [-0.25, -0.2) is 0 Å². The van der Waals surface area contributed by atoms with E-state index in [1.807, 2.05) is 30.3 Å². The summed E-state index contributed by atoms with van der Waals surface area (Å²) >= 11 is 12.4. The maximum Gasteiger partial charge on any atom is 0.142 e. The molecule has 0 radical (unpaired) electrons. The zero-order valence-corrected chi connectivity index (χ0v) is 52.9. The molecule has 13 rings (SSSR count). The van der Waals surface area contributed by atoms with Gasteiger partial charge in [0.1, 0.15) is 5.75 Å². The van der Waals surface area contributed by atoms with Gasteiger partial charge in [-0.2, -0.15) is 0 Å². The minimum atomic E-state index is 0.837. The van der Waals surface area contributed by atoms with Crippen molar-refractivity contribution in [1.29, 1.82) is 0 Å². The summed E-state index contributed by atoms with van der Waals surface area (Å²) in [7, 11) is 1.76. The van der Waals surface area contributed by atoms with E-state index in [-0.39, 0.29) is 0 Å². The fourth-order valence-corrected chi connectivity index (χ4v) is 15.8. The van der Waals surface area contributed by atoms with Gasteiger partial charge in [0.25, 0.3) is 0 Å². The van der Waals surface area contributed by atoms with Crippen LogP contribution in [0.4, 0.5) is 22.7 Å². The van der Waals surface area contributed by atoms with Crippen LogP contribution < -0.4 is 24.3 Å². The average Bonchev–Trinajstić information content (AvgIpc) is 4.30. The van der Waals surface area contributed by atoms with Crippen LogP contribution in [0.1, 0.15) is 107 Å². The van der Waals surface area contributed by atoms with Crippen molar-refractivity contribution in [3.05, 3.63) is 136 Å². The van der Waals surface area contributed by atoms with Gasteiger partial charge in [-0.05, 0) is 167 Å². The Kier molecular flexibility index (Phi) is 23.8. The highest BCUT2D eigenvalue weighted by Crippen LogP contribution is 2.44. The number of allylic oxidation sites excluding steroid dienone is 4. The van der Waals surface area contributed by atoms with Gasteiger partial charge in [-0.15, -0.1) is 0 Å². The summed E-state index contributed by atoms with van der Waals surface area (Å²) < 4.78 is 5.49.